The zero-order valence-corrected chi connectivity index (χ0v) is 16.4. The molecule has 4 nitrogen and oxygen atoms in total. The summed E-state index contributed by atoms with van der Waals surface area (Å²) in [7, 11) is 0. The van der Waals surface area contributed by atoms with Gasteiger partial charge in [-0.3, -0.25) is 9.78 Å². The highest BCUT2D eigenvalue weighted by atomic mass is 16.1. The van der Waals surface area contributed by atoms with Crippen LogP contribution in [-0.4, -0.2) is 21.9 Å². The zero-order valence-electron chi connectivity index (χ0n) is 16.4. The standard InChI is InChI=1S/C25H23N3O/c1-18(14-15-19-9-3-2-4-10-19)27-25(29)21-17-24(23-13-7-8-16-26-23)28-22-12-6-5-11-20(21)22/h2-13,16-18H,14-15H2,1H3,(H,27,29)/t18-/m0/s1. The number of nitrogens with zero attached hydrogens (tertiary/aromatic N) is 2. The van der Waals surface area contributed by atoms with Crippen LogP contribution in [0.2, 0.25) is 0 Å². The molecular formula is C25H23N3O. The Kier molecular flexibility index (Phi) is 5.61. The van der Waals surface area contributed by atoms with Crippen molar-refractivity contribution in [1.29, 1.82) is 0 Å². The summed E-state index contributed by atoms with van der Waals surface area (Å²) >= 11 is 0. The maximum absolute atomic E-state index is 13.1. The van der Waals surface area contributed by atoms with Crippen LogP contribution in [0.4, 0.5) is 0 Å². The molecule has 2 aromatic carbocycles. The molecule has 144 valence electrons. The lowest BCUT2D eigenvalue weighted by molar-refractivity contribution is 0.0940. The van der Waals surface area contributed by atoms with Crippen LogP contribution in [0.25, 0.3) is 22.3 Å². The fraction of sp³-hybridized carbons (Fsp3) is 0.160. The van der Waals surface area contributed by atoms with Crippen molar-refractivity contribution >= 4 is 16.8 Å². The number of benzene rings is 2. The predicted molar refractivity (Wildman–Crippen MR) is 117 cm³/mol. The largest absolute Gasteiger partial charge is 0.350 e. The van der Waals surface area contributed by atoms with Gasteiger partial charge in [0.25, 0.3) is 5.91 Å². The summed E-state index contributed by atoms with van der Waals surface area (Å²) in [5.41, 5.74) is 4.15. The first kappa shape index (κ1) is 18.8. The number of nitrogens with one attached hydrogen (secondary N) is 1. The van der Waals surface area contributed by atoms with E-state index in [9.17, 15) is 4.79 Å². The molecule has 29 heavy (non-hydrogen) atoms. The summed E-state index contributed by atoms with van der Waals surface area (Å²) in [5, 5.41) is 4.00. The van der Waals surface area contributed by atoms with Crippen molar-refractivity contribution in [2.75, 3.05) is 0 Å². The topological polar surface area (TPSA) is 54.9 Å². The number of aryl methyl sites for hydroxylation is 1. The molecule has 0 unspecified atom stereocenters. The molecule has 1 N–H and O–H groups in total. The molecule has 0 bridgehead atoms. The van der Waals surface area contributed by atoms with Gasteiger partial charge in [-0.2, -0.15) is 0 Å². The minimum atomic E-state index is -0.0821. The first-order valence-corrected chi connectivity index (χ1v) is 9.87. The van der Waals surface area contributed by atoms with Crippen molar-refractivity contribution in [1.82, 2.24) is 15.3 Å². The SMILES string of the molecule is C[C@@H](CCc1ccccc1)NC(=O)c1cc(-c2ccccn2)nc2ccccc12. The Morgan fingerprint density at radius 3 is 2.48 bits per heavy atom. The summed E-state index contributed by atoms with van der Waals surface area (Å²) in [6.45, 7) is 2.05. The lowest BCUT2D eigenvalue weighted by Gasteiger charge is -2.15. The molecule has 2 heterocycles. The quantitative estimate of drug-likeness (QED) is 0.509. The summed E-state index contributed by atoms with van der Waals surface area (Å²) in [5.74, 6) is -0.0821. The Morgan fingerprint density at radius 2 is 1.69 bits per heavy atom. The second-order valence-electron chi connectivity index (χ2n) is 7.19. The number of hydrogen-bond donors (Lipinski definition) is 1. The maximum Gasteiger partial charge on any atom is 0.252 e. The van der Waals surface area contributed by atoms with Gasteiger partial charge in [0.2, 0.25) is 0 Å². The second kappa shape index (κ2) is 8.65. The second-order valence-corrected chi connectivity index (χ2v) is 7.19. The molecule has 1 atom stereocenters. The Labute approximate surface area is 170 Å². The van der Waals surface area contributed by atoms with Crippen molar-refractivity contribution in [3.05, 3.63) is 96.2 Å². The number of rotatable bonds is 6. The van der Waals surface area contributed by atoms with E-state index in [0.29, 0.717) is 11.3 Å². The van der Waals surface area contributed by atoms with Crippen LogP contribution in [0, 0.1) is 0 Å². The van der Waals surface area contributed by atoms with E-state index in [1.165, 1.54) is 5.56 Å². The molecule has 4 rings (SSSR count). The molecule has 0 saturated carbocycles. The number of carbonyl (C=O) groups is 1. The molecule has 0 spiro atoms. The van der Waals surface area contributed by atoms with Gasteiger partial charge in [0.05, 0.1) is 22.5 Å². The van der Waals surface area contributed by atoms with Crippen LogP contribution in [0.15, 0.2) is 85.1 Å². The minimum absolute atomic E-state index is 0.0629. The molecule has 0 radical (unpaired) electrons. The van der Waals surface area contributed by atoms with E-state index < -0.39 is 0 Å². The lowest BCUT2D eigenvalue weighted by atomic mass is 10.0. The zero-order chi connectivity index (χ0) is 20.1. The van der Waals surface area contributed by atoms with Gasteiger partial charge in [-0.05, 0) is 49.6 Å². The lowest BCUT2D eigenvalue weighted by Crippen LogP contribution is -2.33. The summed E-state index contributed by atoms with van der Waals surface area (Å²) in [4.78, 5) is 22.2. The number of hydrogen-bond acceptors (Lipinski definition) is 3. The molecule has 4 aromatic rings. The monoisotopic (exact) mass is 381 g/mol. The number of aromatic nitrogens is 2. The molecule has 2 aromatic heterocycles. The Morgan fingerprint density at radius 1 is 0.931 bits per heavy atom. The van der Waals surface area contributed by atoms with Crippen molar-refractivity contribution in [3.63, 3.8) is 0 Å². The summed E-state index contributed by atoms with van der Waals surface area (Å²) < 4.78 is 0. The molecule has 0 fully saturated rings. The Balaban J connectivity index is 1.58. The van der Waals surface area contributed by atoms with Gasteiger partial charge in [0, 0.05) is 17.6 Å². The molecule has 0 saturated heterocycles. The highest BCUT2D eigenvalue weighted by molar-refractivity contribution is 6.07. The van der Waals surface area contributed by atoms with Gasteiger partial charge < -0.3 is 5.32 Å². The van der Waals surface area contributed by atoms with Gasteiger partial charge in [-0.1, -0.05) is 54.6 Å². The fourth-order valence-corrected chi connectivity index (χ4v) is 3.41. The molecule has 0 aliphatic rings. The third-order valence-electron chi connectivity index (χ3n) is 4.97. The number of fused-ring (bicyclic) bond motifs is 1. The van der Waals surface area contributed by atoms with Crippen molar-refractivity contribution in [2.24, 2.45) is 0 Å². The maximum atomic E-state index is 13.1. The van der Waals surface area contributed by atoms with Crippen LogP contribution in [0.5, 0.6) is 0 Å². The average molecular weight is 381 g/mol. The third-order valence-corrected chi connectivity index (χ3v) is 4.97. The minimum Gasteiger partial charge on any atom is -0.350 e. The van der Waals surface area contributed by atoms with E-state index in [4.69, 9.17) is 4.98 Å². The van der Waals surface area contributed by atoms with Crippen LogP contribution in [0.1, 0.15) is 29.3 Å². The molecule has 0 aliphatic carbocycles. The van der Waals surface area contributed by atoms with Gasteiger partial charge >= 0.3 is 0 Å². The van der Waals surface area contributed by atoms with Crippen LogP contribution >= 0.6 is 0 Å². The van der Waals surface area contributed by atoms with E-state index in [1.54, 1.807) is 6.20 Å². The average Bonchev–Trinajstić information content (AvgIpc) is 2.78. The van der Waals surface area contributed by atoms with Crippen LogP contribution in [-0.2, 0) is 6.42 Å². The molecular weight excluding hydrogens is 358 g/mol. The molecule has 4 heteroatoms. The molecule has 1 amide bonds. The summed E-state index contributed by atoms with van der Waals surface area (Å²) in [6.07, 6.45) is 3.54. The van der Waals surface area contributed by atoms with E-state index in [2.05, 4.69) is 22.4 Å². The Bertz CT molecular complexity index is 1110. The molecule has 0 aliphatic heterocycles. The van der Waals surface area contributed by atoms with Crippen molar-refractivity contribution < 1.29 is 4.79 Å². The van der Waals surface area contributed by atoms with Gasteiger partial charge in [-0.15, -0.1) is 0 Å². The van der Waals surface area contributed by atoms with Crippen molar-refractivity contribution in [2.45, 2.75) is 25.8 Å². The third kappa shape index (κ3) is 4.49. The van der Waals surface area contributed by atoms with Crippen LogP contribution in [0.3, 0.4) is 0 Å². The van der Waals surface area contributed by atoms with Crippen LogP contribution < -0.4 is 5.32 Å². The number of carbonyl (C=O) groups excluding carboxylic acids is 1. The van der Waals surface area contributed by atoms with Gasteiger partial charge in [-0.25, -0.2) is 4.98 Å². The number of para-hydroxylation sites is 1. The fourth-order valence-electron chi connectivity index (χ4n) is 3.41. The first-order chi connectivity index (χ1) is 14.2. The Hall–Kier alpha value is -3.53. The van der Waals surface area contributed by atoms with Gasteiger partial charge in [0.15, 0.2) is 0 Å². The van der Waals surface area contributed by atoms with Crippen molar-refractivity contribution in [3.8, 4) is 11.4 Å². The highest BCUT2D eigenvalue weighted by Crippen LogP contribution is 2.23. The highest BCUT2D eigenvalue weighted by Gasteiger charge is 2.16. The first-order valence-electron chi connectivity index (χ1n) is 9.87. The van der Waals surface area contributed by atoms with E-state index in [0.717, 1.165) is 29.4 Å². The normalized spacial score (nSPS) is 11.9. The van der Waals surface area contributed by atoms with Gasteiger partial charge in [0.1, 0.15) is 0 Å². The predicted octanol–water partition coefficient (Wildman–Crippen LogP) is 5.05. The summed E-state index contributed by atoms with van der Waals surface area (Å²) in [6, 6.07) is 25.7. The number of amides is 1. The smallest absolute Gasteiger partial charge is 0.252 e. The van der Waals surface area contributed by atoms with E-state index >= 15 is 0 Å². The van der Waals surface area contributed by atoms with E-state index in [1.807, 2.05) is 73.7 Å². The van der Waals surface area contributed by atoms with E-state index in [-0.39, 0.29) is 11.9 Å². The number of pyridine rings is 2.